The largest absolute Gasteiger partial charge is 0.459 e. The third-order valence-electron chi connectivity index (χ3n) is 3.56. The topological polar surface area (TPSA) is 60.4 Å². The monoisotopic (exact) mass is 358 g/mol. The van der Waals surface area contributed by atoms with Crippen LogP contribution in [0.2, 0.25) is 0 Å². The molecule has 0 saturated heterocycles. The van der Waals surface area contributed by atoms with Gasteiger partial charge in [-0.15, -0.1) is 0 Å². The van der Waals surface area contributed by atoms with Gasteiger partial charge in [0.05, 0.1) is 23.3 Å². The predicted molar refractivity (Wildman–Crippen MR) is 94.4 cm³/mol. The lowest BCUT2D eigenvalue weighted by atomic mass is 10.2. The first-order chi connectivity index (χ1) is 12.3. The van der Waals surface area contributed by atoms with Gasteiger partial charge < -0.3 is 9.47 Å². The summed E-state index contributed by atoms with van der Waals surface area (Å²) >= 11 is 0. The van der Waals surface area contributed by atoms with Crippen molar-refractivity contribution in [1.29, 1.82) is 0 Å². The third-order valence-corrected chi connectivity index (χ3v) is 3.56. The predicted octanol–water partition coefficient (Wildman–Crippen LogP) is 2.09. The van der Waals surface area contributed by atoms with Gasteiger partial charge in [-0.1, -0.05) is 0 Å². The van der Waals surface area contributed by atoms with Crippen molar-refractivity contribution < 1.29 is 28.2 Å². The zero-order valence-electron chi connectivity index (χ0n) is 15.7. The van der Waals surface area contributed by atoms with Crippen LogP contribution < -0.4 is 9.13 Å². The maximum atomic E-state index is 11.8. The number of pyridine rings is 2. The number of ether oxygens (including phenoxy) is 2. The Balaban J connectivity index is 1.90. The van der Waals surface area contributed by atoms with E-state index >= 15 is 0 Å². The fraction of sp³-hybridized carbons (Fsp3) is 0.400. The van der Waals surface area contributed by atoms with E-state index < -0.39 is 0 Å². The van der Waals surface area contributed by atoms with E-state index in [9.17, 15) is 9.59 Å². The fourth-order valence-corrected chi connectivity index (χ4v) is 2.28. The second-order valence-electron chi connectivity index (χ2n) is 6.56. The number of aromatic nitrogens is 2. The molecule has 0 fully saturated rings. The minimum Gasteiger partial charge on any atom is -0.459 e. The zero-order chi connectivity index (χ0) is 19.1. The Morgan fingerprint density at radius 2 is 1.04 bits per heavy atom. The van der Waals surface area contributed by atoms with Crippen LogP contribution in [0.4, 0.5) is 0 Å². The summed E-state index contributed by atoms with van der Waals surface area (Å²) in [5.41, 5.74) is 1.08. The minimum absolute atomic E-state index is 0.132. The Bertz CT molecular complexity index is 672. The van der Waals surface area contributed by atoms with Crippen LogP contribution in [0.5, 0.6) is 0 Å². The van der Waals surface area contributed by atoms with Crippen LogP contribution in [0.3, 0.4) is 0 Å². The molecule has 0 atom stereocenters. The molecular formula is C20H26N2O4+2. The summed E-state index contributed by atoms with van der Waals surface area (Å²) in [6.45, 7) is 8.77. The Kier molecular flexibility index (Phi) is 6.83. The molecule has 0 radical (unpaired) electrons. The summed E-state index contributed by atoms with van der Waals surface area (Å²) < 4.78 is 14.3. The molecule has 0 amide bonds. The number of hydrogen-bond acceptors (Lipinski definition) is 4. The highest BCUT2D eigenvalue weighted by Gasteiger charge is 2.14. The molecule has 0 unspecified atom stereocenters. The number of carbonyl (C=O) groups excluding carboxylic acids is 2. The van der Waals surface area contributed by atoms with E-state index in [1.165, 1.54) is 0 Å². The van der Waals surface area contributed by atoms with Crippen LogP contribution in [-0.4, -0.2) is 24.1 Å². The van der Waals surface area contributed by atoms with Crippen LogP contribution >= 0.6 is 0 Å². The molecule has 0 saturated carbocycles. The Hall–Kier alpha value is -2.76. The fourth-order valence-electron chi connectivity index (χ4n) is 2.28. The molecule has 2 aromatic heterocycles. The zero-order valence-corrected chi connectivity index (χ0v) is 15.7. The van der Waals surface area contributed by atoms with E-state index in [0.29, 0.717) is 11.1 Å². The Labute approximate surface area is 154 Å². The van der Waals surface area contributed by atoms with Gasteiger partial charge in [-0.05, 0) is 27.7 Å². The van der Waals surface area contributed by atoms with Crippen LogP contribution in [0, 0.1) is 0 Å². The van der Waals surface area contributed by atoms with Crippen molar-refractivity contribution in [2.24, 2.45) is 0 Å². The van der Waals surface area contributed by atoms with Crippen LogP contribution in [0.15, 0.2) is 49.1 Å². The van der Waals surface area contributed by atoms with E-state index in [4.69, 9.17) is 9.47 Å². The first-order valence-corrected chi connectivity index (χ1v) is 8.75. The highest BCUT2D eigenvalue weighted by molar-refractivity contribution is 5.89. The lowest BCUT2D eigenvalue weighted by molar-refractivity contribution is -0.778. The summed E-state index contributed by atoms with van der Waals surface area (Å²) in [6.07, 6.45) is 7.15. The maximum Gasteiger partial charge on any atom is 0.338 e. The number of aryl methyl sites for hydroxylation is 2. The molecule has 0 spiro atoms. The second kappa shape index (κ2) is 9.08. The second-order valence-corrected chi connectivity index (χ2v) is 6.56. The molecule has 138 valence electrons. The van der Waals surface area contributed by atoms with Gasteiger partial charge in [0.2, 0.25) is 13.1 Å². The normalized spacial score (nSPS) is 10.8. The lowest BCUT2D eigenvalue weighted by Gasteiger charge is -2.07. The number of esters is 2. The maximum absolute atomic E-state index is 11.8. The molecule has 26 heavy (non-hydrogen) atoms. The average molecular weight is 358 g/mol. The van der Waals surface area contributed by atoms with Crippen molar-refractivity contribution in [2.45, 2.75) is 53.0 Å². The quantitative estimate of drug-likeness (QED) is 0.562. The van der Waals surface area contributed by atoms with Crippen LogP contribution in [0.25, 0.3) is 0 Å². The lowest BCUT2D eigenvalue weighted by Crippen LogP contribution is -2.44. The molecule has 0 aromatic carbocycles. The first-order valence-electron chi connectivity index (χ1n) is 8.75. The highest BCUT2D eigenvalue weighted by atomic mass is 16.5. The van der Waals surface area contributed by atoms with Crippen LogP contribution in [0.1, 0.15) is 48.4 Å². The molecule has 2 aromatic rings. The van der Waals surface area contributed by atoms with Crippen molar-refractivity contribution in [2.75, 3.05) is 0 Å². The molecule has 0 bridgehead atoms. The molecule has 0 N–H and O–H groups in total. The smallest absolute Gasteiger partial charge is 0.338 e. The van der Waals surface area contributed by atoms with Gasteiger partial charge in [-0.3, -0.25) is 0 Å². The van der Waals surface area contributed by atoms with Gasteiger partial charge in [0.25, 0.3) is 0 Å². The van der Waals surface area contributed by atoms with Crippen molar-refractivity contribution in [1.82, 2.24) is 0 Å². The molecule has 0 aliphatic carbocycles. The van der Waals surface area contributed by atoms with E-state index in [2.05, 4.69) is 0 Å². The molecule has 0 aliphatic rings. The highest BCUT2D eigenvalue weighted by Crippen LogP contribution is 2.02. The van der Waals surface area contributed by atoms with Crippen molar-refractivity contribution in [3.8, 4) is 0 Å². The molecular weight excluding hydrogens is 332 g/mol. The van der Waals surface area contributed by atoms with Gasteiger partial charge in [0, 0.05) is 24.3 Å². The van der Waals surface area contributed by atoms with E-state index in [0.717, 1.165) is 13.1 Å². The van der Waals surface area contributed by atoms with Gasteiger partial charge in [0.15, 0.2) is 24.8 Å². The summed E-state index contributed by atoms with van der Waals surface area (Å²) in [5.74, 6) is -0.629. The summed E-state index contributed by atoms with van der Waals surface area (Å²) in [7, 11) is 0. The molecule has 6 heteroatoms. The van der Waals surface area contributed by atoms with E-state index in [1.54, 1.807) is 24.3 Å². The first kappa shape index (κ1) is 19.6. The standard InChI is InChI=1S/C20H26N2O4/c1-15(2)25-19(23)17-5-9-21(10-6-17)13-14-22-11-7-18(8-12-22)20(24)26-16(3)4/h5-12,15-16H,13-14H2,1-4H3/q+2. The van der Waals surface area contributed by atoms with Crippen molar-refractivity contribution >= 4 is 11.9 Å². The van der Waals surface area contributed by atoms with E-state index in [1.807, 2.05) is 61.6 Å². The van der Waals surface area contributed by atoms with Gasteiger partial charge in [0.1, 0.15) is 0 Å². The number of carbonyl (C=O) groups is 2. The molecule has 2 heterocycles. The van der Waals surface area contributed by atoms with Gasteiger partial charge >= 0.3 is 11.9 Å². The van der Waals surface area contributed by atoms with Gasteiger partial charge in [-0.2, -0.15) is 9.13 Å². The Morgan fingerprint density at radius 1 is 0.731 bits per heavy atom. The summed E-state index contributed by atoms with van der Waals surface area (Å²) in [6, 6.07) is 7.00. The van der Waals surface area contributed by atoms with Gasteiger partial charge in [-0.25, -0.2) is 9.59 Å². The SMILES string of the molecule is CC(C)OC(=O)c1cc[n+](CC[n+]2ccc(C(=O)OC(C)C)cc2)cc1. The summed E-state index contributed by atoms with van der Waals surface area (Å²) in [4.78, 5) is 23.7. The third kappa shape index (κ3) is 5.95. The summed E-state index contributed by atoms with van der Waals surface area (Å²) in [5, 5.41) is 0. The van der Waals surface area contributed by atoms with Crippen molar-refractivity contribution in [3.05, 3.63) is 60.2 Å². The van der Waals surface area contributed by atoms with Crippen LogP contribution in [-0.2, 0) is 22.6 Å². The number of nitrogens with zero attached hydrogens (tertiary/aromatic N) is 2. The number of hydrogen-bond donors (Lipinski definition) is 0. The minimum atomic E-state index is -0.314. The average Bonchev–Trinajstić information content (AvgIpc) is 2.59. The number of rotatable bonds is 7. The molecule has 0 aliphatic heterocycles. The molecule has 2 rings (SSSR count). The Morgan fingerprint density at radius 3 is 1.31 bits per heavy atom. The molecule has 6 nitrogen and oxygen atoms in total. The van der Waals surface area contributed by atoms with E-state index in [-0.39, 0.29) is 24.1 Å². The van der Waals surface area contributed by atoms with Crippen molar-refractivity contribution in [3.63, 3.8) is 0 Å².